The zero-order valence-corrected chi connectivity index (χ0v) is 21.7. The molecule has 0 radical (unpaired) electrons. The summed E-state index contributed by atoms with van der Waals surface area (Å²) in [7, 11) is 0. The zero-order chi connectivity index (χ0) is 25.0. The van der Waals surface area contributed by atoms with Crippen LogP contribution in [-0.4, -0.2) is 21.6 Å². The van der Waals surface area contributed by atoms with Crippen molar-refractivity contribution in [2.45, 2.75) is 73.9 Å². The van der Waals surface area contributed by atoms with Crippen molar-refractivity contribution in [2.24, 2.45) is 4.99 Å². The predicted octanol–water partition coefficient (Wildman–Crippen LogP) is 5.83. The normalized spacial score (nSPS) is 12.1. The lowest BCUT2D eigenvalue weighted by atomic mass is 9.87. The zero-order valence-electron chi connectivity index (χ0n) is 21.7. The van der Waals surface area contributed by atoms with E-state index in [-0.39, 0.29) is 11.3 Å². The minimum atomic E-state index is -0.200. The largest absolute Gasteiger partial charge is 0.326 e. The first kappa shape index (κ1) is 25.2. The molecule has 1 aromatic heterocycles. The van der Waals surface area contributed by atoms with Crippen LogP contribution in [0.1, 0.15) is 71.7 Å². The summed E-state index contributed by atoms with van der Waals surface area (Å²) in [5, 5.41) is 10.9. The van der Waals surface area contributed by atoms with Crippen LogP contribution in [0, 0.1) is 27.7 Å². The number of carbonyl (C=O) groups is 1. The van der Waals surface area contributed by atoms with Crippen molar-refractivity contribution in [3.8, 4) is 0 Å². The highest BCUT2D eigenvalue weighted by Gasteiger charge is 2.16. The molecule has 34 heavy (non-hydrogen) atoms. The van der Waals surface area contributed by atoms with Crippen LogP contribution >= 0.6 is 0 Å². The van der Waals surface area contributed by atoms with E-state index in [4.69, 9.17) is 4.99 Å². The summed E-state index contributed by atoms with van der Waals surface area (Å²) in [5.41, 5.74) is 8.11. The van der Waals surface area contributed by atoms with Crippen molar-refractivity contribution in [1.29, 1.82) is 0 Å². The Morgan fingerprint density at radius 1 is 1.03 bits per heavy atom. The number of aliphatic imine (C=N–C) groups is 1. The van der Waals surface area contributed by atoms with Gasteiger partial charge in [0, 0.05) is 29.1 Å². The molecule has 0 fully saturated rings. The van der Waals surface area contributed by atoms with Crippen molar-refractivity contribution in [1.82, 2.24) is 15.1 Å². The molecule has 0 aliphatic carbocycles. The smallest absolute Gasteiger partial charge is 0.257 e. The lowest BCUT2D eigenvalue weighted by Gasteiger charge is -2.19. The van der Waals surface area contributed by atoms with Crippen molar-refractivity contribution in [2.75, 3.05) is 5.32 Å². The Labute approximate surface area is 203 Å². The Morgan fingerprint density at radius 3 is 2.26 bits per heavy atom. The average Bonchev–Trinajstić information content (AvgIpc) is 3.05. The van der Waals surface area contributed by atoms with Gasteiger partial charge in [0.2, 0.25) is 5.96 Å². The van der Waals surface area contributed by atoms with Gasteiger partial charge in [0.1, 0.15) is 0 Å². The van der Waals surface area contributed by atoms with Gasteiger partial charge in [0.15, 0.2) is 0 Å². The third-order valence-corrected chi connectivity index (χ3v) is 6.11. The molecule has 0 bridgehead atoms. The number of nitrogens with zero attached hydrogens (tertiary/aromatic N) is 3. The lowest BCUT2D eigenvalue weighted by molar-refractivity contribution is 0.0977. The fourth-order valence-corrected chi connectivity index (χ4v) is 3.92. The molecule has 0 aliphatic rings. The third kappa shape index (κ3) is 5.93. The van der Waals surface area contributed by atoms with Crippen LogP contribution in [0.3, 0.4) is 0 Å². The van der Waals surface area contributed by atoms with Gasteiger partial charge in [-0.25, -0.2) is 4.99 Å². The number of carbonyl (C=O) groups excluding carboxylic acids is 1. The first-order valence-electron chi connectivity index (χ1n) is 11.8. The summed E-state index contributed by atoms with van der Waals surface area (Å²) in [4.78, 5) is 17.9. The number of nitrogens with one attached hydrogen (secondary N) is 2. The summed E-state index contributed by atoms with van der Waals surface area (Å²) in [6.45, 7) is 17.9. The molecule has 0 saturated heterocycles. The van der Waals surface area contributed by atoms with Crippen LogP contribution in [-0.2, 0) is 18.5 Å². The molecule has 3 rings (SSSR count). The Balaban J connectivity index is 1.88. The van der Waals surface area contributed by atoms with Gasteiger partial charge < -0.3 is 5.32 Å². The standard InChI is InChI=1S/C28H37N5O/c1-9-33-21(5)24(20(4)32-33)17-29-27(30-25-15-10-18(2)16-19(25)3)31-26(34)22-11-13-23(14-12-22)28(6,7)8/h10-16H,9,17H2,1-8H3,(H2,29,30,31,34). The number of anilines is 1. The first-order valence-corrected chi connectivity index (χ1v) is 11.8. The van der Waals surface area contributed by atoms with Crippen LogP contribution in [0.2, 0.25) is 0 Å². The van der Waals surface area contributed by atoms with Gasteiger partial charge in [-0.2, -0.15) is 5.10 Å². The van der Waals surface area contributed by atoms with E-state index in [9.17, 15) is 4.79 Å². The number of aryl methyl sites for hydroxylation is 4. The molecule has 0 saturated carbocycles. The van der Waals surface area contributed by atoms with E-state index in [1.54, 1.807) is 0 Å². The van der Waals surface area contributed by atoms with Gasteiger partial charge >= 0.3 is 0 Å². The molecule has 1 heterocycles. The van der Waals surface area contributed by atoms with Crippen molar-refractivity contribution >= 4 is 17.6 Å². The fraction of sp³-hybridized carbons (Fsp3) is 0.393. The highest BCUT2D eigenvalue weighted by Crippen LogP contribution is 2.22. The second-order valence-corrected chi connectivity index (χ2v) is 9.85. The Hall–Kier alpha value is -3.41. The summed E-state index contributed by atoms with van der Waals surface area (Å²) >= 11 is 0. The molecule has 0 unspecified atom stereocenters. The van der Waals surface area contributed by atoms with Gasteiger partial charge in [-0.15, -0.1) is 0 Å². The number of aromatic nitrogens is 2. The summed E-state index contributed by atoms with van der Waals surface area (Å²) in [6.07, 6.45) is 0. The van der Waals surface area contributed by atoms with Crippen molar-refractivity contribution < 1.29 is 4.79 Å². The van der Waals surface area contributed by atoms with Gasteiger partial charge in [-0.1, -0.05) is 50.6 Å². The number of amides is 1. The molecule has 0 aliphatic heterocycles. The van der Waals surface area contributed by atoms with E-state index in [0.717, 1.165) is 34.7 Å². The second-order valence-electron chi connectivity index (χ2n) is 9.85. The van der Waals surface area contributed by atoms with Gasteiger partial charge in [0.05, 0.1) is 12.2 Å². The van der Waals surface area contributed by atoms with E-state index in [1.165, 1.54) is 11.1 Å². The first-order chi connectivity index (χ1) is 16.0. The Bertz CT molecular complexity index is 1200. The average molecular weight is 460 g/mol. The monoisotopic (exact) mass is 459 g/mol. The molecular formula is C28H37N5O. The molecule has 0 spiro atoms. The summed E-state index contributed by atoms with van der Waals surface area (Å²) in [6, 6.07) is 13.9. The van der Waals surface area contributed by atoms with Crippen LogP contribution in [0.4, 0.5) is 5.69 Å². The SMILES string of the molecule is CCn1nc(C)c(CN=C(NC(=O)c2ccc(C(C)(C)C)cc2)Nc2ccc(C)cc2C)c1C. The van der Waals surface area contributed by atoms with E-state index in [2.05, 4.69) is 63.3 Å². The summed E-state index contributed by atoms with van der Waals surface area (Å²) < 4.78 is 1.98. The molecule has 6 heteroatoms. The van der Waals surface area contributed by atoms with E-state index in [0.29, 0.717) is 18.1 Å². The Morgan fingerprint density at radius 2 is 1.71 bits per heavy atom. The Kier molecular flexibility index (Phi) is 7.60. The molecule has 180 valence electrons. The molecular weight excluding hydrogens is 422 g/mol. The minimum absolute atomic E-state index is 0.0325. The molecule has 0 atom stereocenters. The highest BCUT2D eigenvalue weighted by molar-refractivity contribution is 6.10. The van der Waals surface area contributed by atoms with Gasteiger partial charge in [-0.05, 0) is 69.4 Å². The molecule has 3 aromatic rings. The topological polar surface area (TPSA) is 71.3 Å². The van der Waals surface area contributed by atoms with E-state index in [1.807, 2.05) is 54.9 Å². The van der Waals surface area contributed by atoms with Crippen LogP contribution < -0.4 is 10.6 Å². The van der Waals surface area contributed by atoms with Crippen molar-refractivity contribution in [3.05, 3.63) is 81.7 Å². The lowest BCUT2D eigenvalue weighted by Crippen LogP contribution is -2.36. The number of hydrogen-bond acceptors (Lipinski definition) is 3. The molecule has 1 amide bonds. The third-order valence-electron chi connectivity index (χ3n) is 6.11. The second kappa shape index (κ2) is 10.2. The van der Waals surface area contributed by atoms with Gasteiger partial charge in [-0.3, -0.25) is 14.8 Å². The van der Waals surface area contributed by atoms with Gasteiger partial charge in [0.25, 0.3) is 5.91 Å². The number of benzene rings is 2. The van der Waals surface area contributed by atoms with E-state index >= 15 is 0 Å². The number of hydrogen-bond donors (Lipinski definition) is 2. The van der Waals surface area contributed by atoms with Crippen LogP contribution in [0.25, 0.3) is 0 Å². The quantitative estimate of drug-likeness (QED) is 0.372. The highest BCUT2D eigenvalue weighted by atomic mass is 16.1. The fourth-order valence-electron chi connectivity index (χ4n) is 3.92. The summed E-state index contributed by atoms with van der Waals surface area (Å²) in [5.74, 6) is 0.217. The maximum atomic E-state index is 13.1. The number of rotatable bonds is 5. The molecule has 6 nitrogen and oxygen atoms in total. The van der Waals surface area contributed by atoms with Crippen LogP contribution in [0.5, 0.6) is 0 Å². The minimum Gasteiger partial charge on any atom is -0.326 e. The van der Waals surface area contributed by atoms with E-state index < -0.39 is 0 Å². The molecule has 2 aromatic carbocycles. The maximum absolute atomic E-state index is 13.1. The number of guanidine groups is 1. The predicted molar refractivity (Wildman–Crippen MR) is 141 cm³/mol. The van der Waals surface area contributed by atoms with Crippen LogP contribution in [0.15, 0.2) is 47.5 Å². The van der Waals surface area contributed by atoms with Crippen molar-refractivity contribution in [3.63, 3.8) is 0 Å². The molecule has 2 N–H and O–H groups in total. The maximum Gasteiger partial charge on any atom is 0.257 e.